The summed E-state index contributed by atoms with van der Waals surface area (Å²) in [6, 6.07) is 87.6. The van der Waals surface area contributed by atoms with Gasteiger partial charge in [-0.25, -0.2) is 0 Å². The fraction of sp³-hybridized carbons (Fsp3) is 0.0169. The lowest BCUT2D eigenvalue weighted by Gasteiger charge is -2.34. The van der Waals surface area contributed by atoms with Crippen LogP contribution in [-0.4, -0.2) is 0 Å². The van der Waals surface area contributed by atoms with Crippen molar-refractivity contribution < 1.29 is 0 Å². The first-order valence-corrected chi connectivity index (χ1v) is 20.9. The lowest BCUT2D eigenvalue weighted by Crippen LogP contribution is -2.28. The molecule has 60 heavy (non-hydrogen) atoms. The first-order valence-electron chi connectivity index (χ1n) is 20.9. The second-order valence-electron chi connectivity index (χ2n) is 15.9. The molecule has 0 fully saturated rings. The molecule has 2 aliphatic rings. The van der Waals surface area contributed by atoms with Gasteiger partial charge in [-0.2, -0.15) is 0 Å². The molecule has 0 heterocycles. The van der Waals surface area contributed by atoms with E-state index in [4.69, 9.17) is 0 Å². The van der Waals surface area contributed by atoms with E-state index in [-0.39, 0.29) is 0 Å². The van der Waals surface area contributed by atoms with E-state index < -0.39 is 5.41 Å². The van der Waals surface area contributed by atoms with E-state index in [1.807, 2.05) is 0 Å². The van der Waals surface area contributed by atoms with Gasteiger partial charge >= 0.3 is 0 Å². The summed E-state index contributed by atoms with van der Waals surface area (Å²) < 4.78 is 0. The molecule has 0 N–H and O–H groups in total. The Morgan fingerprint density at radius 1 is 0.283 bits per heavy atom. The predicted molar refractivity (Wildman–Crippen MR) is 251 cm³/mol. The summed E-state index contributed by atoms with van der Waals surface area (Å²) in [5.74, 6) is 0. The Kier molecular flexibility index (Phi) is 7.83. The number of benzene rings is 10. The molecule has 0 atom stereocenters. The summed E-state index contributed by atoms with van der Waals surface area (Å²) in [4.78, 5) is 2.53. The molecule has 0 aliphatic heterocycles. The van der Waals surface area contributed by atoms with Gasteiger partial charge in [0, 0.05) is 16.6 Å². The molecule has 0 amide bonds. The maximum atomic E-state index is 2.53. The van der Waals surface area contributed by atoms with Crippen LogP contribution in [0.1, 0.15) is 22.3 Å². The fourth-order valence-corrected chi connectivity index (χ4v) is 10.5. The van der Waals surface area contributed by atoms with Crippen molar-refractivity contribution in [3.63, 3.8) is 0 Å². The molecule has 0 spiro atoms. The highest BCUT2D eigenvalue weighted by atomic mass is 15.1. The summed E-state index contributed by atoms with van der Waals surface area (Å²) in [6.07, 6.45) is 0. The first-order chi connectivity index (χ1) is 29.8. The van der Waals surface area contributed by atoms with Crippen molar-refractivity contribution in [2.45, 2.75) is 5.41 Å². The van der Waals surface area contributed by atoms with Crippen LogP contribution in [0.5, 0.6) is 0 Å². The molecule has 0 aromatic heterocycles. The highest BCUT2D eigenvalue weighted by Crippen LogP contribution is 2.60. The molecule has 0 saturated heterocycles. The van der Waals surface area contributed by atoms with Crippen LogP contribution in [0.2, 0.25) is 0 Å². The third-order valence-electron chi connectivity index (χ3n) is 12.9. The SMILES string of the molecule is c1ccc(C2(c3ccccc3)c3ccccc3-c3c(N(c4ccc5c(c4)-c4ccccc4-c4ccccc4-c4ccccc4-5)c4cccc5ccccc45)cccc32)cc1. The average molecular weight is 762 g/mol. The van der Waals surface area contributed by atoms with Crippen molar-refractivity contribution in [3.05, 3.63) is 259 Å². The van der Waals surface area contributed by atoms with Crippen molar-refractivity contribution in [2.24, 2.45) is 0 Å². The average Bonchev–Trinajstić information content (AvgIpc) is 3.63. The summed E-state index contributed by atoms with van der Waals surface area (Å²) in [7, 11) is 0. The van der Waals surface area contributed by atoms with Gasteiger partial charge in [-0.15, -0.1) is 0 Å². The van der Waals surface area contributed by atoms with E-state index in [1.54, 1.807) is 0 Å². The van der Waals surface area contributed by atoms with E-state index in [0.717, 1.165) is 17.1 Å². The standard InChI is InChI=1S/C59H39N/c1-3-21-41(22-4-1)59(42-23-5-2-6-24-42)54-33-16-15-32-52(54)58-55(59)34-18-36-57(58)60(56-35-17-20-40-19-7-8-25-44(40)56)43-37-38-51-49-30-12-11-28-47(49)45-26-9-10-27-46(45)48-29-13-14-31-50(48)53(51)39-43/h1-39H. The van der Waals surface area contributed by atoms with E-state index in [9.17, 15) is 0 Å². The Morgan fingerprint density at radius 3 is 1.33 bits per heavy atom. The summed E-state index contributed by atoms with van der Waals surface area (Å²) >= 11 is 0. The second kappa shape index (κ2) is 13.7. The van der Waals surface area contributed by atoms with E-state index >= 15 is 0 Å². The van der Waals surface area contributed by atoms with Crippen LogP contribution in [0, 0.1) is 0 Å². The Labute approximate surface area is 351 Å². The molecule has 10 aromatic rings. The van der Waals surface area contributed by atoms with Gasteiger partial charge in [-0.3, -0.25) is 0 Å². The van der Waals surface area contributed by atoms with Crippen LogP contribution in [-0.2, 0) is 5.41 Å². The molecule has 10 aromatic carbocycles. The third kappa shape index (κ3) is 4.99. The van der Waals surface area contributed by atoms with E-state index in [0.29, 0.717) is 0 Å². The smallest absolute Gasteiger partial charge is 0.0714 e. The van der Waals surface area contributed by atoms with Crippen LogP contribution >= 0.6 is 0 Å². The van der Waals surface area contributed by atoms with Crippen LogP contribution in [0.15, 0.2) is 237 Å². The third-order valence-corrected chi connectivity index (χ3v) is 12.9. The number of anilines is 3. The van der Waals surface area contributed by atoms with Crippen molar-refractivity contribution >= 4 is 27.8 Å². The van der Waals surface area contributed by atoms with Crippen molar-refractivity contribution in [1.82, 2.24) is 0 Å². The Hall–Kier alpha value is -7.74. The molecule has 0 radical (unpaired) electrons. The van der Waals surface area contributed by atoms with Gasteiger partial charge < -0.3 is 4.90 Å². The maximum absolute atomic E-state index is 2.53. The van der Waals surface area contributed by atoms with Gasteiger partial charge in [0.1, 0.15) is 0 Å². The fourth-order valence-electron chi connectivity index (χ4n) is 10.5. The van der Waals surface area contributed by atoms with E-state index in [1.165, 1.54) is 88.7 Å². The number of rotatable bonds is 5. The zero-order valence-corrected chi connectivity index (χ0v) is 33.0. The quantitative estimate of drug-likeness (QED) is 0.169. The van der Waals surface area contributed by atoms with Gasteiger partial charge in [0.15, 0.2) is 0 Å². The van der Waals surface area contributed by atoms with E-state index in [2.05, 4.69) is 241 Å². The van der Waals surface area contributed by atoms with Crippen molar-refractivity contribution in [3.8, 4) is 55.6 Å². The molecule has 0 bridgehead atoms. The Balaban J connectivity index is 1.19. The molecule has 12 rings (SSSR count). The lowest BCUT2D eigenvalue weighted by molar-refractivity contribution is 0.768. The molecule has 2 aliphatic carbocycles. The molecule has 1 heteroatoms. The molecule has 0 unspecified atom stereocenters. The predicted octanol–water partition coefficient (Wildman–Crippen LogP) is 15.7. The normalized spacial score (nSPS) is 12.8. The highest BCUT2D eigenvalue weighted by molar-refractivity contribution is 6.07. The van der Waals surface area contributed by atoms with Gasteiger partial charge in [0.05, 0.1) is 16.8 Å². The van der Waals surface area contributed by atoms with Crippen LogP contribution in [0.3, 0.4) is 0 Å². The van der Waals surface area contributed by atoms with Gasteiger partial charge in [-0.05, 0) is 102 Å². The maximum Gasteiger partial charge on any atom is 0.0714 e. The number of hydrogen-bond acceptors (Lipinski definition) is 1. The topological polar surface area (TPSA) is 3.24 Å². The molecule has 1 nitrogen and oxygen atoms in total. The largest absolute Gasteiger partial charge is 0.309 e. The van der Waals surface area contributed by atoms with Gasteiger partial charge in [-0.1, -0.05) is 212 Å². The van der Waals surface area contributed by atoms with Crippen molar-refractivity contribution in [1.29, 1.82) is 0 Å². The zero-order valence-electron chi connectivity index (χ0n) is 33.0. The molecule has 280 valence electrons. The molecular formula is C59H39N. The number of fused-ring (bicyclic) bond motifs is 12. The summed E-state index contributed by atoms with van der Waals surface area (Å²) in [5.41, 5.74) is 20.4. The summed E-state index contributed by atoms with van der Waals surface area (Å²) in [6.45, 7) is 0. The number of nitrogens with zero attached hydrogens (tertiary/aromatic N) is 1. The lowest BCUT2D eigenvalue weighted by atomic mass is 9.68. The minimum Gasteiger partial charge on any atom is -0.309 e. The van der Waals surface area contributed by atoms with Gasteiger partial charge in [0.2, 0.25) is 0 Å². The zero-order chi connectivity index (χ0) is 39.6. The molecular weight excluding hydrogens is 723 g/mol. The van der Waals surface area contributed by atoms with Gasteiger partial charge in [0.25, 0.3) is 0 Å². The molecule has 0 saturated carbocycles. The minimum atomic E-state index is -0.517. The van der Waals surface area contributed by atoms with Crippen LogP contribution in [0.25, 0.3) is 66.4 Å². The Bertz CT molecular complexity index is 3220. The minimum absolute atomic E-state index is 0.517. The monoisotopic (exact) mass is 761 g/mol. The number of hydrogen-bond donors (Lipinski definition) is 0. The summed E-state index contributed by atoms with van der Waals surface area (Å²) in [5, 5.41) is 2.41. The van der Waals surface area contributed by atoms with Crippen LogP contribution < -0.4 is 4.90 Å². The van der Waals surface area contributed by atoms with Crippen LogP contribution in [0.4, 0.5) is 17.1 Å². The Morgan fingerprint density at radius 2 is 0.717 bits per heavy atom. The first kappa shape index (κ1) is 34.3. The highest BCUT2D eigenvalue weighted by Gasteiger charge is 2.47. The second-order valence-corrected chi connectivity index (χ2v) is 15.9. The van der Waals surface area contributed by atoms with Crippen molar-refractivity contribution in [2.75, 3.05) is 4.90 Å².